The van der Waals surface area contributed by atoms with Crippen molar-refractivity contribution in [2.45, 2.75) is 27.7 Å². The molecule has 3 nitrogen and oxygen atoms in total. The summed E-state index contributed by atoms with van der Waals surface area (Å²) in [4.78, 5) is 0. The predicted molar refractivity (Wildman–Crippen MR) is 49.0 cm³/mol. The Morgan fingerprint density at radius 2 is 1.55 bits per heavy atom. The standard InChI is InChI=1S/C4H10.C3H9NO2S/c1-4(2)3;1-3-7(5,6)4-2/h4H,1-3H3;4H,3H2,1-2H3. The second-order valence-electron chi connectivity index (χ2n) is 2.84. The van der Waals surface area contributed by atoms with Gasteiger partial charge in [-0.15, -0.1) is 0 Å². The first kappa shape index (κ1) is 13.5. The van der Waals surface area contributed by atoms with E-state index in [0.29, 0.717) is 0 Å². The second-order valence-corrected chi connectivity index (χ2v) is 5.05. The Balaban J connectivity index is 0. The topological polar surface area (TPSA) is 46.2 Å². The lowest BCUT2D eigenvalue weighted by molar-refractivity contribution is 0.589. The van der Waals surface area contributed by atoms with Crippen LogP contribution in [0.25, 0.3) is 0 Å². The molecule has 0 saturated carbocycles. The van der Waals surface area contributed by atoms with E-state index in [-0.39, 0.29) is 5.75 Å². The van der Waals surface area contributed by atoms with E-state index in [2.05, 4.69) is 25.5 Å². The van der Waals surface area contributed by atoms with Gasteiger partial charge >= 0.3 is 0 Å². The monoisotopic (exact) mass is 181 g/mol. The van der Waals surface area contributed by atoms with Crippen molar-refractivity contribution >= 4 is 10.0 Å². The lowest BCUT2D eigenvalue weighted by atomic mass is 10.3. The van der Waals surface area contributed by atoms with Crippen molar-refractivity contribution in [3.63, 3.8) is 0 Å². The predicted octanol–water partition coefficient (Wildman–Crippen LogP) is 1.22. The van der Waals surface area contributed by atoms with E-state index < -0.39 is 10.0 Å². The molecular weight excluding hydrogens is 162 g/mol. The molecule has 0 aromatic rings. The molecule has 1 N–H and O–H groups in total. The molecular formula is C7H19NO2S. The fourth-order valence-corrected chi connectivity index (χ4v) is 0.433. The zero-order valence-electron chi connectivity index (χ0n) is 8.01. The summed E-state index contributed by atoms with van der Waals surface area (Å²) in [6, 6.07) is 0. The Hall–Kier alpha value is -0.0900. The first-order valence-corrected chi connectivity index (χ1v) is 5.42. The van der Waals surface area contributed by atoms with Crippen molar-refractivity contribution in [2.75, 3.05) is 12.8 Å². The Labute approximate surface area is 70.2 Å². The largest absolute Gasteiger partial charge is 0.218 e. The van der Waals surface area contributed by atoms with Crippen LogP contribution in [0.15, 0.2) is 0 Å². The summed E-state index contributed by atoms with van der Waals surface area (Å²) < 4.78 is 22.7. The Bertz CT molecular complexity index is 149. The van der Waals surface area contributed by atoms with Crippen LogP contribution >= 0.6 is 0 Å². The van der Waals surface area contributed by atoms with Gasteiger partial charge in [-0.3, -0.25) is 0 Å². The van der Waals surface area contributed by atoms with Crippen molar-refractivity contribution in [2.24, 2.45) is 5.92 Å². The first-order chi connectivity index (χ1) is 4.85. The molecule has 0 atom stereocenters. The molecule has 0 aliphatic carbocycles. The van der Waals surface area contributed by atoms with Gasteiger partial charge in [0.1, 0.15) is 0 Å². The highest BCUT2D eigenvalue weighted by atomic mass is 32.2. The van der Waals surface area contributed by atoms with Crippen molar-refractivity contribution in [3.8, 4) is 0 Å². The molecule has 0 rings (SSSR count). The van der Waals surface area contributed by atoms with E-state index in [1.807, 2.05) is 0 Å². The Morgan fingerprint density at radius 3 is 1.55 bits per heavy atom. The summed E-state index contributed by atoms with van der Waals surface area (Å²) in [5.74, 6) is 0.990. The van der Waals surface area contributed by atoms with Gasteiger partial charge < -0.3 is 0 Å². The lowest BCUT2D eigenvalue weighted by Crippen LogP contribution is -2.19. The van der Waals surface area contributed by atoms with Gasteiger partial charge in [0.15, 0.2) is 0 Å². The molecule has 0 aliphatic rings. The van der Waals surface area contributed by atoms with Crippen molar-refractivity contribution in [1.82, 2.24) is 4.72 Å². The van der Waals surface area contributed by atoms with Crippen LogP contribution in [-0.2, 0) is 10.0 Å². The summed E-state index contributed by atoms with van der Waals surface area (Å²) in [5, 5.41) is 0. The van der Waals surface area contributed by atoms with Crippen molar-refractivity contribution in [3.05, 3.63) is 0 Å². The minimum atomic E-state index is -2.91. The number of hydrogen-bond donors (Lipinski definition) is 1. The van der Waals surface area contributed by atoms with Crippen LogP contribution in [-0.4, -0.2) is 21.2 Å². The molecule has 0 saturated heterocycles. The smallest absolute Gasteiger partial charge is 0.211 e. The van der Waals surface area contributed by atoms with E-state index in [1.165, 1.54) is 7.05 Å². The molecule has 0 radical (unpaired) electrons. The van der Waals surface area contributed by atoms with Gasteiger partial charge in [0.2, 0.25) is 10.0 Å². The fraction of sp³-hybridized carbons (Fsp3) is 1.00. The Morgan fingerprint density at radius 1 is 1.27 bits per heavy atom. The summed E-state index contributed by atoms with van der Waals surface area (Å²) in [5.41, 5.74) is 0. The maximum Gasteiger partial charge on any atom is 0.211 e. The average Bonchev–Trinajstić information content (AvgIpc) is 1.87. The highest BCUT2D eigenvalue weighted by Crippen LogP contribution is 1.81. The molecule has 0 unspecified atom stereocenters. The zero-order chi connectivity index (χ0) is 9.49. The zero-order valence-corrected chi connectivity index (χ0v) is 8.83. The van der Waals surface area contributed by atoms with Gasteiger partial charge in [-0.2, -0.15) is 0 Å². The maximum absolute atomic E-state index is 10.3. The summed E-state index contributed by atoms with van der Waals surface area (Å²) in [6.07, 6.45) is 0. The summed E-state index contributed by atoms with van der Waals surface area (Å²) in [6.45, 7) is 8.09. The minimum Gasteiger partial charge on any atom is -0.218 e. The van der Waals surface area contributed by atoms with Crippen LogP contribution in [0.3, 0.4) is 0 Å². The highest BCUT2D eigenvalue weighted by molar-refractivity contribution is 7.89. The normalized spacial score (nSPS) is 10.7. The number of sulfonamides is 1. The van der Waals surface area contributed by atoms with E-state index in [0.717, 1.165) is 5.92 Å². The molecule has 70 valence electrons. The highest BCUT2D eigenvalue weighted by Gasteiger charge is 1.97. The molecule has 0 heterocycles. The lowest BCUT2D eigenvalue weighted by Gasteiger charge is -1.92. The van der Waals surface area contributed by atoms with E-state index in [4.69, 9.17) is 0 Å². The molecule has 0 bridgehead atoms. The van der Waals surface area contributed by atoms with Gasteiger partial charge in [-0.1, -0.05) is 20.8 Å². The minimum absolute atomic E-state index is 0.156. The van der Waals surface area contributed by atoms with E-state index >= 15 is 0 Å². The third-order valence-corrected chi connectivity index (χ3v) is 2.07. The van der Waals surface area contributed by atoms with Crippen LogP contribution in [0.2, 0.25) is 0 Å². The van der Waals surface area contributed by atoms with E-state index in [1.54, 1.807) is 6.92 Å². The maximum atomic E-state index is 10.3. The fourth-order valence-electron chi connectivity index (χ4n) is 0.144. The summed E-state index contributed by atoms with van der Waals surface area (Å²) >= 11 is 0. The molecule has 0 amide bonds. The van der Waals surface area contributed by atoms with Gasteiger partial charge in [-0.25, -0.2) is 13.1 Å². The quantitative estimate of drug-likeness (QED) is 0.696. The third-order valence-electron chi connectivity index (χ3n) is 0.691. The molecule has 0 aromatic carbocycles. The van der Waals surface area contributed by atoms with Crippen LogP contribution < -0.4 is 4.72 Å². The van der Waals surface area contributed by atoms with Gasteiger partial charge in [0.25, 0.3) is 0 Å². The SMILES string of the molecule is CC(C)C.CCS(=O)(=O)NC. The second kappa shape index (κ2) is 6.61. The van der Waals surface area contributed by atoms with Crippen LogP contribution in [0, 0.1) is 5.92 Å². The average molecular weight is 181 g/mol. The van der Waals surface area contributed by atoms with E-state index in [9.17, 15) is 8.42 Å². The molecule has 4 heteroatoms. The number of nitrogens with one attached hydrogen (secondary N) is 1. The molecule has 0 aliphatic heterocycles. The molecule has 0 aromatic heterocycles. The Kier molecular flexibility index (Phi) is 8.11. The number of rotatable bonds is 2. The van der Waals surface area contributed by atoms with Gasteiger partial charge in [-0.05, 0) is 19.9 Å². The van der Waals surface area contributed by atoms with Crippen molar-refractivity contribution < 1.29 is 8.42 Å². The molecule has 0 fully saturated rings. The van der Waals surface area contributed by atoms with Gasteiger partial charge in [0.05, 0.1) is 5.75 Å². The summed E-state index contributed by atoms with van der Waals surface area (Å²) in [7, 11) is -1.51. The first-order valence-electron chi connectivity index (χ1n) is 3.77. The van der Waals surface area contributed by atoms with Crippen molar-refractivity contribution in [1.29, 1.82) is 0 Å². The van der Waals surface area contributed by atoms with Crippen LogP contribution in [0.1, 0.15) is 27.7 Å². The number of hydrogen-bond acceptors (Lipinski definition) is 2. The van der Waals surface area contributed by atoms with Crippen LogP contribution in [0.5, 0.6) is 0 Å². The van der Waals surface area contributed by atoms with Gasteiger partial charge in [0, 0.05) is 0 Å². The molecule has 11 heavy (non-hydrogen) atoms. The van der Waals surface area contributed by atoms with Crippen LogP contribution in [0.4, 0.5) is 0 Å². The third kappa shape index (κ3) is 17.8. The molecule has 0 spiro atoms.